The predicted molar refractivity (Wildman–Crippen MR) is 60.5 cm³/mol. The first-order chi connectivity index (χ1) is 6.83. The minimum absolute atomic E-state index is 0.693. The van der Waals surface area contributed by atoms with Crippen molar-refractivity contribution >= 4 is 0 Å². The van der Waals surface area contributed by atoms with Crippen LogP contribution in [-0.4, -0.2) is 25.8 Å². The summed E-state index contributed by atoms with van der Waals surface area (Å²) in [4.78, 5) is 0. The first-order valence-corrected chi connectivity index (χ1v) is 5.80. The average Bonchev–Trinajstić information content (AvgIpc) is 2.25. The minimum Gasteiger partial charge on any atom is -0.377 e. The molecule has 2 nitrogen and oxygen atoms in total. The smallest absolute Gasteiger partial charge is 0.0674 e. The first-order valence-electron chi connectivity index (χ1n) is 5.80. The maximum absolute atomic E-state index is 5.55. The molecule has 0 saturated carbocycles. The topological polar surface area (TPSA) is 21.3 Å². The fourth-order valence-electron chi connectivity index (χ4n) is 1.71. The summed E-state index contributed by atoms with van der Waals surface area (Å²) in [6.07, 6.45) is 6.21. The molecule has 1 rings (SSSR count). The number of piperidine rings is 1. The number of hydrogen-bond donors (Lipinski definition) is 1. The SMILES string of the molecule is C=C(CC)COCCC1CCCCN1. The molecule has 1 aliphatic heterocycles. The van der Waals surface area contributed by atoms with E-state index in [1.165, 1.54) is 31.4 Å². The van der Waals surface area contributed by atoms with Gasteiger partial charge in [-0.3, -0.25) is 0 Å². The zero-order valence-electron chi connectivity index (χ0n) is 9.35. The van der Waals surface area contributed by atoms with Crippen LogP contribution in [0.3, 0.4) is 0 Å². The molecule has 1 atom stereocenters. The normalized spacial score (nSPS) is 22.2. The molecule has 0 aromatic rings. The molecule has 2 heteroatoms. The van der Waals surface area contributed by atoms with Crippen molar-refractivity contribution in [3.8, 4) is 0 Å². The molecule has 1 N–H and O–H groups in total. The quantitative estimate of drug-likeness (QED) is 0.522. The molecule has 1 saturated heterocycles. The summed E-state index contributed by atoms with van der Waals surface area (Å²) in [6.45, 7) is 8.83. The molecular weight excluding hydrogens is 174 g/mol. The lowest BCUT2D eigenvalue weighted by molar-refractivity contribution is 0.139. The van der Waals surface area contributed by atoms with Crippen molar-refractivity contribution in [3.05, 3.63) is 12.2 Å². The van der Waals surface area contributed by atoms with Crippen molar-refractivity contribution in [3.63, 3.8) is 0 Å². The third-order valence-electron chi connectivity index (χ3n) is 2.83. The van der Waals surface area contributed by atoms with Crippen molar-refractivity contribution in [2.45, 2.75) is 45.1 Å². The van der Waals surface area contributed by atoms with E-state index >= 15 is 0 Å². The Morgan fingerprint density at radius 1 is 1.50 bits per heavy atom. The minimum atomic E-state index is 0.693. The molecule has 82 valence electrons. The lowest BCUT2D eigenvalue weighted by atomic mass is 10.0. The van der Waals surface area contributed by atoms with Crippen molar-refractivity contribution in [2.75, 3.05) is 19.8 Å². The zero-order chi connectivity index (χ0) is 10.2. The number of hydrogen-bond acceptors (Lipinski definition) is 2. The van der Waals surface area contributed by atoms with Gasteiger partial charge < -0.3 is 10.1 Å². The van der Waals surface area contributed by atoms with Gasteiger partial charge in [0.1, 0.15) is 0 Å². The molecule has 0 spiro atoms. The van der Waals surface area contributed by atoms with Gasteiger partial charge >= 0.3 is 0 Å². The molecule has 0 bridgehead atoms. The molecule has 1 heterocycles. The highest BCUT2D eigenvalue weighted by Gasteiger charge is 2.11. The number of rotatable bonds is 6. The number of ether oxygens (including phenoxy) is 1. The molecule has 1 unspecified atom stereocenters. The predicted octanol–water partition coefficient (Wildman–Crippen LogP) is 2.50. The Kier molecular flexibility index (Phi) is 5.88. The van der Waals surface area contributed by atoms with Crippen molar-refractivity contribution in [1.82, 2.24) is 5.32 Å². The van der Waals surface area contributed by atoms with Crippen LogP contribution in [0.1, 0.15) is 39.0 Å². The highest BCUT2D eigenvalue weighted by Crippen LogP contribution is 2.10. The summed E-state index contributed by atoms with van der Waals surface area (Å²) >= 11 is 0. The lowest BCUT2D eigenvalue weighted by Crippen LogP contribution is -2.34. The summed E-state index contributed by atoms with van der Waals surface area (Å²) in [6, 6.07) is 0.693. The van der Waals surface area contributed by atoms with E-state index < -0.39 is 0 Å². The third-order valence-corrected chi connectivity index (χ3v) is 2.83. The van der Waals surface area contributed by atoms with Crippen LogP contribution in [0.25, 0.3) is 0 Å². The first kappa shape index (κ1) is 11.7. The Balaban J connectivity index is 1.94. The lowest BCUT2D eigenvalue weighted by Gasteiger charge is -2.23. The second kappa shape index (κ2) is 7.02. The van der Waals surface area contributed by atoms with Gasteiger partial charge in [0.25, 0.3) is 0 Å². The molecule has 0 aromatic carbocycles. The molecule has 0 aromatic heterocycles. The summed E-state index contributed by atoms with van der Waals surface area (Å²) in [5.41, 5.74) is 1.20. The van der Waals surface area contributed by atoms with Crippen LogP contribution in [0, 0.1) is 0 Å². The summed E-state index contributed by atoms with van der Waals surface area (Å²) in [5.74, 6) is 0. The van der Waals surface area contributed by atoms with E-state index in [0.717, 1.165) is 26.1 Å². The van der Waals surface area contributed by atoms with E-state index in [4.69, 9.17) is 4.74 Å². The van der Waals surface area contributed by atoms with Crippen LogP contribution in [0.2, 0.25) is 0 Å². The van der Waals surface area contributed by atoms with Crippen LogP contribution in [0.15, 0.2) is 12.2 Å². The van der Waals surface area contributed by atoms with Crippen LogP contribution < -0.4 is 5.32 Å². The molecule has 0 amide bonds. The molecule has 0 aliphatic carbocycles. The van der Waals surface area contributed by atoms with Crippen molar-refractivity contribution in [2.24, 2.45) is 0 Å². The van der Waals surface area contributed by atoms with Crippen LogP contribution in [0.5, 0.6) is 0 Å². The summed E-state index contributed by atoms with van der Waals surface area (Å²) in [5, 5.41) is 3.52. The van der Waals surface area contributed by atoms with E-state index in [1.54, 1.807) is 0 Å². The third kappa shape index (κ3) is 4.77. The highest BCUT2D eigenvalue weighted by atomic mass is 16.5. The zero-order valence-corrected chi connectivity index (χ0v) is 9.35. The average molecular weight is 197 g/mol. The van der Waals surface area contributed by atoms with Gasteiger partial charge in [-0.05, 0) is 32.2 Å². The van der Waals surface area contributed by atoms with E-state index in [2.05, 4.69) is 18.8 Å². The molecular formula is C12H23NO. The van der Waals surface area contributed by atoms with Gasteiger partial charge in [-0.25, -0.2) is 0 Å². The fourth-order valence-corrected chi connectivity index (χ4v) is 1.71. The van der Waals surface area contributed by atoms with Gasteiger partial charge in [0, 0.05) is 12.6 Å². The van der Waals surface area contributed by atoms with Crippen molar-refractivity contribution < 1.29 is 4.74 Å². The Morgan fingerprint density at radius 2 is 2.36 bits per heavy atom. The van der Waals surface area contributed by atoms with Crippen LogP contribution in [-0.2, 0) is 4.74 Å². The van der Waals surface area contributed by atoms with E-state index in [-0.39, 0.29) is 0 Å². The second-order valence-corrected chi connectivity index (χ2v) is 4.09. The second-order valence-electron chi connectivity index (χ2n) is 4.09. The van der Waals surface area contributed by atoms with Gasteiger partial charge in [-0.15, -0.1) is 0 Å². The number of nitrogens with one attached hydrogen (secondary N) is 1. The van der Waals surface area contributed by atoms with E-state index in [1.807, 2.05) is 0 Å². The summed E-state index contributed by atoms with van der Waals surface area (Å²) in [7, 11) is 0. The van der Waals surface area contributed by atoms with Gasteiger partial charge in [0.15, 0.2) is 0 Å². The summed E-state index contributed by atoms with van der Waals surface area (Å²) < 4.78 is 5.55. The maximum atomic E-state index is 5.55. The highest BCUT2D eigenvalue weighted by molar-refractivity contribution is 4.92. The Hall–Kier alpha value is -0.340. The Morgan fingerprint density at radius 3 is 3.00 bits per heavy atom. The Bertz CT molecular complexity index is 162. The molecule has 1 aliphatic rings. The van der Waals surface area contributed by atoms with Gasteiger partial charge in [-0.1, -0.05) is 25.5 Å². The Labute approximate surface area is 87.7 Å². The molecule has 1 fully saturated rings. The van der Waals surface area contributed by atoms with Gasteiger partial charge in [0.05, 0.1) is 6.61 Å². The van der Waals surface area contributed by atoms with Crippen LogP contribution in [0.4, 0.5) is 0 Å². The van der Waals surface area contributed by atoms with Gasteiger partial charge in [0.2, 0.25) is 0 Å². The van der Waals surface area contributed by atoms with Crippen molar-refractivity contribution in [1.29, 1.82) is 0 Å². The van der Waals surface area contributed by atoms with Gasteiger partial charge in [-0.2, -0.15) is 0 Å². The standard InChI is InChI=1S/C12H23NO/c1-3-11(2)10-14-9-7-12-6-4-5-8-13-12/h12-13H,2-10H2,1H3. The monoisotopic (exact) mass is 197 g/mol. The largest absolute Gasteiger partial charge is 0.377 e. The van der Waals surface area contributed by atoms with Crippen LogP contribution >= 0.6 is 0 Å². The maximum Gasteiger partial charge on any atom is 0.0674 e. The van der Waals surface area contributed by atoms with E-state index in [0.29, 0.717) is 6.04 Å². The fraction of sp³-hybridized carbons (Fsp3) is 0.833. The molecule has 0 radical (unpaired) electrons. The molecule has 14 heavy (non-hydrogen) atoms. The van der Waals surface area contributed by atoms with E-state index in [9.17, 15) is 0 Å².